The molecule has 1 heterocycles. The van der Waals surface area contributed by atoms with Gasteiger partial charge >= 0.3 is 0 Å². The van der Waals surface area contributed by atoms with E-state index in [-0.39, 0.29) is 6.04 Å². The van der Waals surface area contributed by atoms with E-state index in [0.29, 0.717) is 10.8 Å². The van der Waals surface area contributed by atoms with Crippen molar-refractivity contribution in [2.75, 3.05) is 13.7 Å². The molecule has 0 radical (unpaired) electrons. The van der Waals surface area contributed by atoms with Crippen LogP contribution in [0.1, 0.15) is 28.4 Å². The number of methoxy groups -OCH3 is 1. The van der Waals surface area contributed by atoms with Crippen molar-refractivity contribution in [3.8, 4) is 5.75 Å². The summed E-state index contributed by atoms with van der Waals surface area (Å²) >= 11 is 7.77. The van der Waals surface area contributed by atoms with E-state index < -0.39 is 0 Å². The molecular formula is C14H17ClN2OS. The Morgan fingerprint density at radius 3 is 2.84 bits per heavy atom. The number of nitrogens with zero attached hydrogens (tertiary/aromatic N) is 1. The lowest BCUT2D eigenvalue weighted by molar-refractivity contribution is 0.414. The van der Waals surface area contributed by atoms with Gasteiger partial charge in [-0.3, -0.25) is 0 Å². The lowest BCUT2D eigenvalue weighted by Crippen LogP contribution is -2.21. The van der Waals surface area contributed by atoms with Crippen LogP contribution in [-0.2, 0) is 0 Å². The molecule has 0 amide bonds. The molecule has 102 valence electrons. The Kier molecular flexibility index (Phi) is 4.80. The largest absolute Gasteiger partial charge is 0.495 e. The summed E-state index contributed by atoms with van der Waals surface area (Å²) in [6, 6.07) is 5.99. The molecule has 0 spiro atoms. The molecule has 0 aliphatic heterocycles. The first-order valence-electron chi connectivity index (χ1n) is 6.14. The van der Waals surface area contributed by atoms with Gasteiger partial charge in [0, 0.05) is 11.1 Å². The van der Waals surface area contributed by atoms with E-state index in [1.54, 1.807) is 18.4 Å². The van der Waals surface area contributed by atoms with Gasteiger partial charge in [-0.25, -0.2) is 4.98 Å². The molecule has 19 heavy (non-hydrogen) atoms. The number of ether oxygens (including phenoxy) is 1. The van der Waals surface area contributed by atoms with Crippen LogP contribution in [0, 0.1) is 6.92 Å². The fraction of sp³-hybridized carbons (Fsp3) is 0.357. The van der Waals surface area contributed by atoms with Gasteiger partial charge in [0.1, 0.15) is 5.75 Å². The number of thiazole rings is 1. The molecule has 0 saturated carbocycles. The molecule has 2 aromatic rings. The molecule has 0 aliphatic rings. The molecule has 2 rings (SSSR count). The Morgan fingerprint density at radius 2 is 2.26 bits per heavy atom. The number of hydrogen-bond acceptors (Lipinski definition) is 4. The average Bonchev–Trinajstić information content (AvgIpc) is 2.83. The molecule has 0 bridgehead atoms. The van der Waals surface area contributed by atoms with Crippen LogP contribution in [0.4, 0.5) is 0 Å². The van der Waals surface area contributed by atoms with Crippen LogP contribution in [0.25, 0.3) is 0 Å². The fourth-order valence-corrected chi connectivity index (χ4v) is 3.04. The number of benzene rings is 1. The molecule has 1 unspecified atom stereocenters. The van der Waals surface area contributed by atoms with Crippen molar-refractivity contribution in [2.45, 2.75) is 19.9 Å². The number of rotatable bonds is 5. The summed E-state index contributed by atoms with van der Waals surface area (Å²) < 4.78 is 5.28. The monoisotopic (exact) mass is 296 g/mol. The van der Waals surface area contributed by atoms with Crippen molar-refractivity contribution in [3.63, 3.8) is 0 Å². The van der Waals surface area contributed by atoms with Crippen molar-refractivity contribution in [3.05, 3.63) is 44.9 Å². The van der Waals surface area contributed by atoms with Crippen LogP contribution < -0.4 is 10.1 Å². The maximum absolute atomic E-state index is 6.07. The minimum absolute atomic E-state index is 0.127. The third-order valence-corrected chi connectivity index (χ3v) is 4.13. The third kappa shape index (κ3) is 3.26. The zero-order valence-corrected chi connectivity index (χ0v) is 12.8. The first-order valence-corrected chi connectivity index (χ1v) is 7.34. The zero-order valence-electron chi connectivity index (χ0n) is 11.2. The minimum atomic E-state index is 0.127. The maximum atomic E-state index is 6.07. The summed E-state index contributed by atoms with van der Waals surface area (Å²) in [5.41, 5.74) is 1.13. The van der Waals surface area contributed by atoms with Crippen LogP contribution in [0.15, 0.2) is 24.4 Å². The Balaban J connectivity index is 2.38. The second kappa shape index (κ2) is 6.37. The first-order chi connectivity index (χ1) is 9.15. The molecule has 3 nitrogen and oxygen atoms in total. The highest BCUT2D eigenvalue weighted by Crippen LogP contribution is 2.32. The van der Waals surface area contributed by atoms with Crippen LogP contribution in [-0.4, -0.2) is 18.6 Å². The normalized spacial score (nSPS) is 12.4. The van der Waals surface area contributed by atoms with Gasteiger partial charge in [-0.1, -0.05) is 24.6 Å². The molecule has 0 fully saturated rings. The van der Waals surface area contributed by atoms with E-state index in [1.165, 1.54) is 4.88 Å². The Hall–Kier alpha value is -1.10. The van der Waals surface area contributed by atoms with Crippen molar-refractivity contribution >= 4 is 22.9 Å². The predicted octanol–water partition coefficient (Wildman–Crippen LogP) is 3.81. The summed E-state index contributed by atoms with van der Waals surface area (Å²) in [5, 5.41) is 5.17. The maximum Gasteiger partial charge on any atom is 0.137 e. The predicted molar refractivity (Wildman–Crippen MR) is 80.4 cm³/mol. The molecule has 1 N–H and O–H groups in total. The quantitative estimate of drug-likeness (QED) is 0.911. The Morgan fingerprint density at radius 1 is 1.47 bits per heavy atom. The topological polar surface area (TPSA) is 34.1 Å². The number of hydrogen-bond donors (Lipinski definition) is 1. The second-order valence-corrected chi connectivity index (χ2v) is 5.84. The second-order valence-electron chi connectivity index (χ2n) is 4.17. The van der Waals surface area contributed by atoms with Crippen LogP contribution in [0.5, 0.6) is 5.75 Å². The van der Waals surface area contributed by atoms with E-state index in [2.05, 4.69) is 17.2 Å². The van der Waals surface area contributed by atoms with Crippen LogP contribution in [0.3, 0.4) is 0 Å². The van der Waals surface area contributed by atoms with E-state index in [0.717, 1.165) is 17.1 Å². The van der Waals surface area contributed by atoms with E-state index >= 15 is 0 Å². The van der Waals surface area contributed by atoms with Gasteiger partial charge in [0.25, 0.3) is 0 Å². The molecular weight excluding hydrogens is 280 g/mol. The average molecular weight is 297 g/mol. The zero-order chi connectivity index (χ0) is 13.8. The highest BCUT2D eigenvalue weighted by Gasteiger charge is 2.17. The van der Waals surface area contributed by atoms with Gasteiger partial charge < -0.3 is 10.1 Å². The smallest absolute Gasteiger partial charge is 0.137 e. The van der Waals surface area contributed by atoms with Crippen molar-refractivity contribution in [2.24, 2.45) is 0 Å². The molecule has 0 saturated heterocycles. The number of halogens is 1. The van der Waals surface area contributed by atoms with E-state index in [9.17, 15) is 0 Å². The lowest BCUT2D eigenvalue weighted by Gasteiger charge is -2.17. The van der Waals surface area contributed by atoms with Gasteiger partial charge in [0.2, 0.25) is 0 Å². The van der Waals surface area contributed by atoms with Crippen molar-refractivity contribution < 1.29 is 4.74 Å². The first kappa shape index (κ1) is 14.3. The third-order valence-electron chi connectivity index (χ3n) is 2.84. The highest BCUT2D eigenvalue weighted by molar-refractivity contribution is 7.11. The molecule has 5 heteroatoms. The lowest BCUT2D eigenvalue weighted by atomic mass is 10.1. The van der Waals surface area contributed by atoms with Crippen molar-refractivity contribution in [1.29, 1.82) is 0 Å². The van der Waals surface area contributed by atoms with E-state index in [1.807, 2.05) is 31.3 Å². The van der Waals surface area contributed by atoms with Gasteiger partial charge in [0.15, 0.2) is 0 Å². The van der Waals surface area contributed by atoms with Gasteiger partial charge in [-0.15, -0.1) is 11.3 Å². The molecule has 1 aromatic heterocycles. The number of aromatic nitrogens is 1. The van der Waals surface area contributed by atoms with Gasteiger partial charge in [-0.2, -0.15) is 0 Å². The van der Waals surface area contributed by atoms with E-state index in [4.69, 9.17) is 16.3 Å². The fourth-order valence-electron chi connectivity index (χ4n) is 1.95. The summed E-state index contributed by atoms with van der Waals surface area (Å²) in [6.07, 6.45) is 1.93. The molecule has 0 aliphatic carbocycles. The van der Waals surface area contributed by atoms with Crippen LogP contribution >= 0.6 is 22.9 Å². The summed E-state index contributed by atoms with van der Waals surface area (Å²) in [6.45, 7) is 4.99. The van der Waals surface area contributed by atoms with Crippen molar-refractivity contribution in [1.82, 2.24) is 10.3 Å². The summed E-state index contributed by atoms with van der Waals surface area (Å²) in [7, 11) is 1.63. The molecule has 1 aromatic carbocycles. The van der Waals surface area contributed by atoms with Crippen LogP contribution in [0.2, 0.25) is 5.02 Å². The molecule has 1 atom stereocenters. The number of nitrogens with one attached hydrogen (secondary N) is 1. The van der Waals surface area contributed by atoms with Gasteiger partial charge in [-0.05, 0) is 31.2 Å². The Bertz CT molecular complexity index is 556. The highest BCUT2D eigenvalue weighted by atomic mass is 35.5. The van der Waals surface area contributed by atoms with Gasteiger partial charge in [0.05, 0.1) is 23.2 Å². The SMILES string of the molecule is CCNC(c1ccc(Cl)c(OC)c1)c1cnc(C)s1. The summed E-state index contributed by atoms with van der Waals surface area (Å²) in [4.78, 5) is 5.52. The minimum Gasteiger partial charge on any atom is -0.495 e. The summed E-state index contributed by atoms with van der Waals surface area (Å²) in [5.74, 6) is 0.698. The Labute approximate surface area is 122 Å². The number of aryl methyl sites for hydroxylation is 1. The standard InChI is InChI=1S/C14H17ClN2OS/c1-4-16-14(13-8-17-9(2)19-13)10-5-6-11(15)12(7-10)18-3/h5-8,14,16H,4H2,1-3H3.